The summed E-state index contributed by atoms with van der Waals surface area (Å²) in [5.74, 6) is 0.0871. The van der Waals surface area contributed by atoms with Crippen LogP contribution in [-0.4, -0.2) is 12.6 Å². The van der Waals surface area contributed by atoms with Crippen LogP contribution in [0.5, 0.6) is 0 Å². The van der Waals surface area contributed by atoms with Gasteiger partial charge in [-0.25, -0.2) is 0 Å². The van der Waals surface area contributed by atoms with Crippen LogP contribution in [0.2, 0.25) is 0 Å². The van der Waals surface area contributed by atoms with Gasteiger partial charge in [-0.05, 0) is 6.58 Å². The molecule has 13 heavy (non-hydrogen) atoms. The normalized spacial score (nSPS) is 16.8. The molecule has 1 aliphatic heterocycles. The number of carbonyl (C=O) groups is 1. The maximum atomic E-state index is 10.9. The lowest BCUT2D eigenvalue weighted by Gasteiger charge is -2.16. The number of esters is 1. The molecule has 2 N–H and O–H groups in total. The molecule has 4 nitrogen and oxygen atoms in total. The van der Waals surface area contributed by atoms with E-state index in [9.17, 15) is 4.79 Å². The SMILES string of the molecule is C=C(S)OCC1=C(N)CCC(=O)O1. The molecule has 0 radical (unpaired) electrons. The molecule has 0 aromatic heterocycles. The molecule has 1 heterocycles. The highest BCUT2D eigenvalue weighted by molar-refractivity contribution is 7.84. The van der Waals surface area contributed by atoms with Crippen molar-refractivity contribution in [2.45, 2.75) is 12.8 Å². The predicted molar refractivity (Wildman–Crippen MR) is 50.6 cm³/mol. The smallest absolute Gasteiger partial charge is 0.311 e. The van der Waals surface area contributed by atoms with Crippen molar-refractivity contribution in [3.63, 3.8) is 0 Å². The van der Waals surface area contributed by atoms with Crippen molar-refractivity contribution in [1.82, 2.24) is 0 Å². The summed E-state index contributed by atoms with van der Waals surface area (Å²) in [6.07, 6.45) is 0.855. The molecule has 0 amide bonds. The van der Waals surface area contributed by atoms with Crippen LogP contribution in [0.1, 0.15) is 12.8 Å². The molecule has 1 aliphatic rings. The van der Waals surface area contributed by atoms with E-state index in [-0.39, 0.29) is 17.7 Å². The number of nitrogens with two attached hydrogens (primary N) is 1. The van der Waals surface area contributed by atoms with Gasteiger partial charge in [-0.3, -0.25) is 4.79 Å². The van der Waals surface area contributed by atoms with E-state index >= 15 is 0 Å². The Hall–Kier alpha value is -1.10. The summed E-state index contributed by atoms with van der Waals surface area (Å²) in [7, 11) is 0. The number of cyclic esters (lactones) is 1. The fourth-order valence-electron chi connectivity index (χ4n) is 0.901. The summed E-state index contributed by atoms with van der Waals surface area (Å²) >= 11 is 3.83. The number of rotatable bonds is 3. The number of ether oxygens (including phenoxy) is 2. The Balaban J connectivity index is 2.55. The van der Waals surface area contributed by atoms with Crippen LogP contribution >= 0.6 is 12.6 Å². The highest BCUT2D eigenvalue weighted by Gasteiger charge is 2.18. The Morgan fingerprint density at radius 3 is 3.00 bits per heavy atom. The monoisotopic (exact) mass is 201 g/mol. The van der Waals surface area contributed by atoms with Gasteiger partial charge in [0, 0.05) is 6.42 Å². The number of thiol groups is 1. The highest BCUT2D eigenvalue weighted by Crippen LogP contribution is 2.17. The Bertz CT molecular complexity index is 273. The molecule has 0 spiro atoms. The average Bonchev–Trinajstić information content (AvgIpc) is 2.06. The lowest BCUT2D eigenvalue weighted by molar-refractivity contribution is -0.141. The Morgan fingerprint density at radius 2 is 2.38 bits per heavy atom. The van der Waals surface area contributed by atoms with E-state index in [0.29, 0.717) is 24.3 Å². The Labute approximate surface area is 81.8 Å². The van der Waals surface area contributed by atoms with Crippen molar-refractivity contribution < 1.29 is 14.3 Å². The largest absolute Gasteiger partial charge is 0.480 e. The molecule has 0 aromatic rings. The first-order valence-electron chi connectivity index (χ1n) is 3.78. The molecule has 0 saturated carbocycles. The van der Waals surface area contributed by atoms with Crippen molar-refractivity contribution in [2.75, 3.05) is 6.61 Å². The second-order valence-corrected chi connectivity index (χ2v) is 3.10. The Morgan fingerprint density at radius 1 is 1.69 bits per heavy atom. The number of allylic oxidation sites excluding steroid dienone is 1. The van der Waals surface area contributed by atoms with Crippen molar-refractivity contribution >= 4 is 18.6 Å². The zero-order valence-corrected chi connectivity index (χ0v) is 7.97. The van der Waals surface area contributed by atoms with Crippen LogP contribution in [0.3, 0.4) is 0 Å². The van der Waals surface area contributed by atoms with Crippen LogP contribution in [0.4, 0.5) is 0 Å². The van der Waals surface area contributed by atoms with Crippen molar-refractivity contribution in [2.24, 2.45) is 5.73 Å². The van der Waals surface area contributed by atoms with Crippen LogP contribution in [-0.2, 0) is 14.3 Å². The number of carbonyl (C=O) groups excluding carboxylic acids is 1. The topological polar surface area (TPSA) is 61.5 Å². The van der Waals surface area contributed by atoms with Gasteiger partial charge in [-0.15, -0.1) is 12.6 Å². The van der Waals surface area contributed by atoms with Crippen LogP contribution in [0, 0.1) is 0 Å². The van der Waals surface area contributed by atoms with E-state index < -0.39 is 0 Å². The van der Waals surface area contributed by atoms with Crippen LogP contribution in [0.15, 0.2) is 23.1 Å². The number of hydrogen-bond acceptors (Lipinski definition) is 5. The summed E-state index contributed by atoms with van der Waals surface area (Å²) in [4.78, 5) is 10.9. The third-order valence-electron chi connectivity index (χ3n) is 1.56. The van der Waals surface area contributed by atoms with Gasteiger partial charge in [0.2, 0.25) is 0 Å². The third-order valence-corrected chi connectivity index (χ3v) is 1.69. The van der Waals surface area contributed by atoms with E-state index in [0.717, 1.165) is 0 Å². The molecule has 0 unspecified atom stereocenters. The predicted octanol–water partition coefficient (Wildman–Crippen LogP) is 0.911. The van der Waals surface area contributed by atoms with Gasteiger partial charge in [0.05, 0.1) is 12.1 Å². The molecule has 1 rings (SSSR count). The second kappa shape index (κ2) is 4.23. The minimum atomic E-state index is -0.280. The average molecular weight is 201 g/mol. The summed E-state index contributed by atoms with van der Waals surface area (Å²) in [5.41, 5.74) is 6.15. The molecular weight excluding hydrogens is 190 g/mol. The fraction of sp³-hybridized carbons (Fsp3) is 0.375. The first-order valence-corrected chi connectivity index (χ1v) is 4.23. The highest BCUT2D eigenvalue weighted by atomic mass is 32.1. The molecule has 5 heteroatoms. The molecule has 0 aromatic carbocycles. The molecule has 0 fully saturated rings. The molecule has 0 saturated heterocycles. The van der Waals surface area contributed by atoms with Gasteiger partial charge in [0.25, 0.3) is 0 Å². The van der Waals surface area contributed by atoms with Crippen molar-refractivity contribution in [3.05, 3.63) is 23.1 Å². The molecular formula is C8H11NO3S. The fourth-order valence-corrected chi connectivity index (χ4v) is 0.966. The van der Waals surface area contributed by atoms with E-state index in [1.807, 2.05) is 0 Å². The zero-order chi connectivity index (χ0) is 9.84. The van der Waals surface area contributed by atoms with Gasteiger partial charge >= 0.3 is 5.97 Å². The zero-order valence-electron chi connectivity index (χ0n) is 7.08. The first-order chi connectivity index (χ1) is 6.09. The van der Waals surface area contributed by atoms with E-state index in [1.54, 1.807) is 0 Å². The van der Waals surface area contributed by atoms with Crippen molar-refractivity contribution in [1.29, 1.82) is 0 Å². The molecule has 0 aliphatic carbocycles. The van der Waals surface area contributed by atoms with E-state index in [1.165, 1.54) is 0 Å². The second-order valence-electron chi connectivity index (χ2n) is 2.60. The minimum Gasteiger partial charge on any atom is -0.480 e. The van der Waals surface area contributed by atoms with Crippen LogP contribution < -0.4 is 5.73 Å². The van der Waals surface area contributed by atoms with Crippen LogP contribution in [0.25, 0.3) is 0 Å². The maximum Gasteiger partial charge on any atom is 0.311 e. The first kappa shape index (κ1) is 9.98. The summed E-state index contributed by atoms with van der Waals surface area (Å²) < 4.78 is 9.82. The third kappa shape index (κ3) is 3.02. The summed E-state index contributed by atoms with van der Waals surface area (Å²) in [6, 6.07) is 0. The number of hydrogen-bond donors (Lipinski definition) is 2. The maximum absolute atomic E-state index is 10.9. The standard InChI is InChI=1S/C8H11NO3S/c1-5(13)11-4-7-6(9)2-3-8(10)12-7/h13H,1-4,9H2. The lowest BCUT2D eigenvalue weighted by atomic mass is 10.2. The Kier molecular flexibility index (Phi) is 3.25. The van der Waals surface area contributed by atoms with Crippen molar-refractivity contribution in [3.8, 4) is 0 Å². The minimum absolute atomic E-state index is 0.111. The van der Waals surface area contributed by atoms with Gasteiger partial charge < -0.3 is 15.2 Å². The summed E-state index contributed by atoms with van der Waals surface area (Å²) in [6.45, 7) is 3.53. The molecule has 0 bridgehead atoms. The van der Waals surface area contributed by atoms with E-state index in [2.05, 4.69) is 19.2 Å². The quantitative estimate of drug-likeness (QED) is 0.405. The molecule has 72 valence electrons. The van der Waals surface area contributed by atoms with E-state index in [4.69, 9.17) is 15.2 Å². The van der Waals surface area contributed by atoms with Gasteiger partial charge in [-0.2, -0.15) is 0 Å². The molecule has 0 atom stereocenters. The summed E-state index contributed by atoms with van der Waals surface area (Å²) in [5, 5.41) is 0.266. The van der Waals surface area contributed by atoms with Gasteiger partial charge in [-0.1, -0.05) is 0 Å². The lowest BCUT2D eigenvalue weighted by Crippen LogP contribution is -2.20. The van der Waals surface area contributed by atoms with Gasteiger partial charge in [0.15, 0.2) is 5.76 Å². The van der Waals surface area contributed by atoms with Gasteiger partial charge in [0.1, 0.15) is 11.7 Å².